The van der Waals surface area contributed by atoms with Crippen LogP contribution in [0.5, 0.6) is 0 Å². The van der Waals surface area contributed by atoms with Crippen molar-refractivity contribution in [2.75, 3.05) is 13.1 Å². The van der Waals surface area contributed by atoms with Crippen molar-refractivity contribution >= 4 is 11.9 Å². The fourth-order valence-electron chi connectivity index (χ4n) is 3.35. The fourth-order valence-corrected chi connectivity index (χ4v) is 3.35. The lowest BCUT2D eigenvalue weighted by Crippen LogP contribution is -2.63. The van der Waals surface area contributed by atoms with Crippen LogP contribution in [0.4, 0.5) is 0 Å². The zero-order chi connectivity index (χ0) is 17.0. The predicted molar refractivity (Wildman–Crippen MR) is 81.6 cm³/mol. The average molecular weight is 329 g/mol. The maximum atomic E-state index is 11.8. The first-order chi connectivity index (χ1) is 11.0. The molecule has 132 valence electrons. The molecule has 1 unspecified atom stereocenters. The van der Waals surface area contributed by atoms with E-state index in [1.54, 1.807) is 0 Å². The summed E-state index contributed by atoms with van der Waals surface area (Å²) in [6.07, 6.45) is -0.983. The number of aliphatic hydroxyl groups excluding tert-OH is 2. The van der Waals surface area contributed by atoms with Crippen LogP contribution in [0.1, 0.15) is 46.0 Å². The minimum absolute atomic E-state index is 0.256. The number of esters is 2. The summed E-state index contributed by atoms with van der Waals surface area (Å²) in [7, 11) is 0. The van der Waals surface area contributed by atoms with Gasteiger partial charge >= 0.3 is 11.9 Å². The van der Waals surface area contributed by atoms with Gasteiger partial charge in [-0.25, -0.2) is 0 Å². The number of fused-ring (bicyclic) bond motifs is 1. The summed E-state index contributed by atoms with van der Waals surface area (Å²) in [6.45, 7) is 4.72. The number of aliphatic hydroxyl groups is 2. The number of piperidine rings is 1. The SMILES string of the molecule is CCCC(=O)O[C@H]1CN2CC[C@H](O)C2[C@@H](OC(=O)CCC)[C@@H]1O. The van der Waals surface area contributed by atoms with E-state index < -0.39 is 36.4 Å². The van der Waals surface area contributed by atoms with E-state index in [1.165, 1.54) is 0 Å². The second-order valence-electron chi connectivity index (χ2n) is 6.31. The van der Waals surface area contributed by atoms with Crippen molar-refractivity contribution in [2.24, 2.45) is 0 Å². The summed E-state index contributed by atoms with van der Waals surface area (Å²) in [5, 5.41) is 20.7. The first kappa shape index (κ1) is 18.2. The van der Waals surface area contributed by atoms with Crippen LogP contribution in [0.25, 0.3) is 0 Å². The summed E-state index contributed by atoms with van der Waals surface area (Å²) in [5.74, 6) is -0.774. The molecule has 2 aliphatic heterocycles. The van der Waals surface area contributed by atoms with Gasteiger partial charge in [-0.3, -0.25) is 14.5 Å². The van der Waals surface area contributed by atoms with Gasteiger partial charge < -0.3 is 19.7 Å². The molecule has 2 rings (SSSR count). The molecule has 0 aliphatic carbocycles. The summed E-state index contributed by atoms with van der Waals surface area (Å²) < 4.78 is 10.8. The molecule has 7 heteroatoms. The topological polar surface area (TPSA) is 96.3 Å². The minimum atomic E-state index is -1.12. The van der Waals surface area contributed by atoms with Crippen molar-refractivity contribution in [3.8, 4) is 0 Å². The van der Waals surface area contributed by atoms with E-state index in [1.807, 2.05) is 18.7 Å². The van der Waals surface area contributed by atoms with E-state index >= 15 is 0 Å². The molecule has 0 bridgehead atoms. The number of rotatable bonds is 6. The highest BCUT2D eigenvalue weighted by atomic mass is 16.6. The van der Waals surface area contributed by atoms with Gasteiger partial charge in [-0.2, -0.15) is 0 Å². The smallest absolute Gasteiger partial charge is 0.306 e. The van der Waals surface area contributed by atoms with Gasteiger partial charge in [0, 0.05) is 25.9 Å². The van der Waals surface area contributed by atoms with Crippen LogP contribution in [-0.4, -0.2) is 70.6 Å². The van der Waals surface area contributed by atoms with Gasteiger partial charge in [0.2, 0.25) is 0 Å². The molecular formula is C16H27NO6. The lowest BCUT2D eigenvalue weighted by Gasteiger charge is -2.43. The Hall–Kier alpha value is -1.18. The maximum absolute atomic E-state index is 11.8. The molecule has 0 radical (unpaired) electrons. The summed E-state index contributed by atoms with van der Waals surface area (Å²) in [4.78, 5) is 25.5. The van der Waals surface area contributed by atoms with Crippen molar-refractivity contribution in [1.82, 2.24) is 4.90 Å². The van der Waals surface area contributed by atoms with E-state index in [2.05, 4.69) is 0 Å². The first-order valence-electron chi connectivity index (χ1n) is 8.47. The molecule has 7 nitrogen and oxygen atoms in total. The van der Waals surface area contributed by atoms with Crippen molar-refractivity contribution in [1.29, 1.82) is 0 Å². The van der Waals surface area contributed by atoms with Gasteiger partial charge in [0.05, 0.1) is 12.1 Å². The molecule has 2 heterocycles. The molecule has 23 heavy (non-hydrogen) atoms. The van der Waals surface area contributed by atoms with Crippen LogP contribution >= 0.6 is 0 Å². The van der Waals surface area contributed by atoms with E-state index in [4.69, 9.17) is 9.47 Å². The van der Waals surface area contributed by atoms with E-state index in [9.17, 15) is 19.8 Å². The lowest BCUT2D eigenvalue weighted by molar-refractivity contribution is -0.194. The third kappa shape index (κ3) is 4.22. The van der Waals surface area contributed by atoms with Crippen molar-refractivity contribution < 1.29 is 29.3 Å². The molecule has 2 saturated heterocycles. The molecule has 5 atom stereocenters. The fraction of sp³-hybridized carbons (Fsp3) is 0.875. The number of hydrogen-bond donors (Lipinski definition) is 2. The Kier molecular flexibility index (Phi) is 6.38. The molecule has 0 amide bonds. The molecule has 0 aromatic carbocycles. The lowest BCUT2D eigenvalue weighted by atomic mass is 9.92. The van der Waals surface area contributed by atoms with E-state index in [0.717, 1.165) is 0 Å². The Morgan fingerprint density at radius 3 is 2.30 bits per heavy atom. The van der Waals surface area contributed by atoms with E-state index in [0.29, 0.717) is 32.4 Å². The summed E-state index contributed by atoms with van der Waals surface area (Å²) >= 11 is 0. The number of carbonyl (C=O) groups excluding carboxylic acids is 2. The van der Waals surface area contributed by atoms with Crippen LogP contribution in [0.15, 0.2) is 0 Å². The summed E-state index contributed by atoms with van der Waals surface area (Å²) in [6, 6.07) is -0.438. The molecule has 0 spiro atoms. The zero-order valence-electron chi connectivity index (χ0n) is 13.8. The van der Waals surface area contributed by atoms with Crippen LogP contribution in [0.3, 0.4) is 0 Å². The van der Waals surface area contributed by atoms with Crippen LogP contribution in [-0.2, 0) is 19.1 Å². The Balaban J connectivity index is 2.10. The highest BCUT2D eigenvalue weighted by Crippen LogP contribution is 2.31. The van der Waals surface area contributed by atoms with Crippen molar-refractivity contribution in [3.05, 3.63) is 0 Å². The van der Waals surface area contributed by atoms with Crippen molar-refractivity contribution in [3.63, 3.8) is 0 Å². The zero-order valence-corrected chi connectivity index (χ0v) is 13.8. The van der Waals surface area contributed by atoms with Gasteiger partial charge in [0.15, 0.2) is 0 Å². The van der Waals surface area contributed by atoms with Gasteiger partial charge in [0.25, 0.3) is 0 Å². The normalized spacial score (nSPS) is 34.0. The number of ether oxygens (including phenoxy) is 2. The molecule has 0 saturated carbocycles. The van der Waals surface area contributed by atoms with Crippen LogP contribution in [0, 0.1) is 0 Å². The number of carbonyl (C=O) groups is 2. The Morgan fingerprint density at radius 2 is 1.70 bits per heavy atom. The first-order valence-corrected chi connectivity index (χ1v) is 8.47. The molecule has 0 aromatic rings. The molecule has 2 fully saturated rings. The maximum Gasteiger partial charge on any atom is 0.306 e. The average Bonchev–Trinajstić information content (AvgIpc) is 2.85. The second kappa shape index (κ2) is 8.08. The highest BCUT2D eigenvalue weighted by molar-refractivity contribution is 5.70. The monoisotopic (exact) mass is 329 g/mol. The molecule has 2 N–H and O–H groups in total. The number of hydrogen-bond acceptors (Lipinski definition) is 7. The third-order valence-electron chi connectivity index (χ3n) is 4.46. The van der Waals surface area contributed by atoms with Gasteiger partial charge in [-0.15, -0.1) is 0 Å². The Morgan fingerprint density at radius 1 is 1.09 bits per heavy atom. The molecule has 0 aromatic heterocycles. The third-order valence-corrected chi connectivity index (χ3v) is 4.46. The van der Waals surface area contributed by atoms with Gasteiger partial charge in [-0.1, -0.05) is 13.8 Å². The van der Waals surface area contributed by atoms with Crippen molar-refractivity contribution in [2.45, 2.75) is 76.4 Å². The van der Waals surface area contributed by atoms with Gasteiger partial charge in [0.1, 0.15) is 18.3 Å². The quantitative estimate of drug-likeness (QED) is 0.673. The van der Waals surface area contributed by atoms with Crippen LogP contribution < -0.4 is 0 Å². The number of nitrogens with zero attached hydrogens (tertiary/aromatic N) is 1. The largest absolute Gasteiger partial charge is 0.458 e. The van der Waals surface area contributed by atoms with Crippen LogP contribution in [0.2, 0.25) is 0 Å². The van der Waals surface area contributed by atoms with E-state index in [-0.39, 0.29) is 18.8 Å². The Labute approximate surface area is 136 Å². The standard InChI is InChI=1S/C16H27NO6/c1-3-5-12(19)22-11-9-17-8-7-10(18)14(17)16(15(11)21)23-13(20)6-4-2/h10-11,14-16,18,21H,3-9H2,1-2H3/t10-,11-,14?,15+,16+/m0/s1. The summed E-state index contributed by atoms with van der Waals surface area (Å²) in [5.41, 5.74) is 0. The predicted octanol–water partition coefficient (Wildman–Crippen LogP) is 0.220. The minimum Gasteiger partial charge on any atom is -0.458 e. The highest BCUT2D eigenvalue weighted by Gasteiger charge is 2.51. The second-order valence-corrected chi connectivity index (χ2v) is 6.31. The Bertz CT molecular complexity index is 429. The molecular weight excluding hydrogens is 302 g/mol. The van der Waals surface area contributed by atoms with Gasteiger partial charge in [-0.05, 0) is 19.3 Å². The molecule has 2 aliphatic rings.